The van der Waals surface area contributed by atoms with Crippen molar-refractivity contribution in [1.82, 2.24) is 0 Å². The van der Waals surface area contributed by atoms with Crippen LogP contribution in [-0.2, 0) is 6.42 Å². The van der Waals surface area contributed by atoms with E-state index in [2.05, 4.69) is 0 Å². The molecule has 0 aliphatic carbocycles. The van der Waals surface area contributed by atoms with Crippen molar-refractivity contribution in [3.63, 3.8) is 0 Å². The van der Waals surface area contributed by atoms with Crippen LogP contribution in [0.5, 0.6) is 0 Å². The van der Waals surface area contributed by atoms with E-state index in [1.165, 1.54) is 18.2 Å². The molecule has 1 atom stereocenters. The number of non-ortho nitro benzene ring substituents is 1. The van der Waals surface area contributed by atoms with Crippen LogP contribution < -0.4 is 0 Å². The Morgan fingerprint density at radius 1 is 1.25 bits per heavy atom. The number of alkyl halides is 1. The number of nitro groups is 1. The summed E-state index contributed by atoms with van der Waals surface area (Å²) in [4.78, 5) is 10.1. The first-order valence-electron chi connectivity index (χ1n) is 6.11. The number of hydrogen-bond donors (Lipinski definition) is 0. The zero-order chi connectivity index (χ0) is 14.7. The van der Waals surface area contributed by atoms with E-state index in [0.29, 0.717) is 17.5 Å². The van der Waals surface area contributed by atoms with E-state index in [1.807, 2.05) is 0 Å². The van der Waals surface area contributed by atoms with Gasteiger partial charge in [-0.3, -0.25) is 10.1 Å². The molecule has 0 bridgehead atoms. The summed E-state index contributed by atoms with van der Waals surface area (Å²) in [6, 6.07) is 11.1. The second-order valence-electron chi connectivity index (χ2n) is 4.60. The van der Waals surface area contributed by atoms with Gasteiger partial charge in [-0.1, -0.05) is 24.3 Å². The van der Waals surface area contributed by atoms with Crippen molar-refractivity contribution in [2.24, 2.45) is 0 Å². The Labute approximate surface area is 121 Å². The molecule has 0 saturated carbocycles. The lowest BCUT2D eigenvalue weighted by molar-refractivity contribution is -0.384. The predicted molar refractivity (Wildman–Crippen MR) is 76.5 cm³/mol. The van der Waals surface area contributed by atoms with Gasteiger partial charge in [0, 0.05) is 12.1 Å². The van der Waals surface area contributed by atoms with Gasteiger partial charge in [-0.25, -0.2) is 4.39 Å². The summed E-state index contributed by atoms with van der Waals surface area (Å²) in [5.41, 5.74) is 2.19. The number of nitrogens with zero attached hydrogens (tertiary/aromatic N) is 1. The monoisotopic (exact) mass is 293 g/mol. The van der Waals surface area contributed by atoms with Gasteiger partial charge >= 0.3 is 0 Å². The van der Waals surface area contributed by atoms with Crippen LogP contribution in [0.15, 0.2) is 42.5 Å². The Balaban J connectivity index is 2.12. The quantitative estimate of drug-likeness (QED) is 0.471. The zero-order valence-electron chi connectivity index (χ0n) is 10.8. The molecular weight excluding hydrogens is 281 g/mol. The molecule has 0 spiro atoms. The van der Waals surface area contributed by atoms with Crippen molar-refractivity contribution >= 4 is 17.3 Å². The number of benzene rings is 2. The van der Waals surface area contributed by atoms with Crippen molar-refractivity contribution < 1.29 is 9.31 Å². The summed E-state index contributed by atoms with van der Waals surface area (Å²) in [5.74, 6) is -0.281. The van der Waals surface area contributed by atoms with Crippen LogP contribution >= 0.6 is 11.6 Å². The van der Waals surface area contributed by atoms with Gasteiger partial charge in [0.05, 0.1) is 10.3 Å². The molecular formula is C15H13ClFNO2. The summed E-state index contributed by atoms with van der Waals surface area (Å²) >= 11 is 6.27. The second kappa shape index (κ2) is 6.01. The Morgan fingerprint density at radius 2 is 1.90 bits per heavy atom. The summed E-state index contributed by atoms with van der Waals surface area (Å²) in [5, 5.41) is 10.2. The molecule has 0 saturated heterocycles. The van der Waals surface area contributed by atoms with Gasteiger partial charge in [-0.15, -0.1) is 11.6 Å². The van der Waals surface area contributed by atoms with Gasteiger partial charge in [0.1, 0.15) is 5.82 Å². The van der Waals surface area contributed by atoms with Crippen molar-refractivity contribution in [2.75, 3.05) is 0 Å². The normalized spacial score (nSPS) is 12.2. The van der Waals surface area contributed by atoms with E-state index in [9.17, 15) is 14.5 Å². The lowest BCUT2D eigenvalue weighted by atomic mass is 10.0. The van der Waals surface area contributed by atoms with E-state index >= 15 is 0 Å². The van der Waals surface area contributed by atoms with E-state index in [0.717, 1.165) is 5.56 Å². The number of nitro benzene ring substituents is 1. The third kappa shape index (κ3) is 3.33. The molecule has 2 aromatic rings. The Morgan fingerprint density at radius 3 is 2.45 bits per heavy atom. The fourth-order valence-corrected chi connectivity index (χ4v) is 2.20. The van der Waals surface area contributed by atoms with Crippen molar-refractivity contribution in [3.8, 4) is 0 Å². The Bertz CT molecular complexity index is 628. The molecule has 0 aliphatic heterocycles. The van der Waals surface area contributed by atoms with Crippen LogP contribution in [0.2, 0.25) is 0 Å². The van der Waals surface area contributed by atoms with Gasteiger partial charge < -0.3 is 0 Å². The summed E-state index contributed by atoms with van der Waals surface area (Å²) in [6.07, 6.45) is 0.488. The maximum absolute atomic E-state index is 13.5. The highest BCUT2D eigenvalue weighted by atomic mass is 35.5. The van der Waals surface area contributed by atoms with Crippen molar-refractivity contribution in [1.29, 1.82) is 0 Å². The maximum Gasteiger partial charge on any atom is 0.269 e. The standard InChI is InChI=1S/C15H13ClFNO2/c1-10-2-5-12(9-15(10)17)14(16)8-11-3-6-13(7-4-11)18(19)20/h2-7,9,14H,8H2,1H3. The Hall–Kier alpha value is -1.94. The van der Waals surface area contributed by atoms with Gasteiger partial charge in [-0.2, -0.15) is 0 Å². The Kier molecular flexibility index (Phi) is 4.35. The van der Waals surface area contributed by atoms with E-state index in [4.69, 9.17) is 11.6 Å². The molecule has 0 heterocycles. The lowest BCUT2D eigenvalue weighted by Crippen LogP contribution is -1.98. The second-order valence-corrected chi connectivity index (χ2v) is 5.13. The zero-order valence-corrected chi connectivity index (χ0v) is 11.6. The fourth-order valence-electron chi connectivity index (χ4n) is 1.88. The molecule has 0 aromatic heterocycles. The molecule has 104 valence electrons. The first-order valence-corrected chi connectivity index (χ1v) is 6.54. The minimum absolute atomic E-state index is 0.0428. The summed E-state index contributed by atoms with van der Waals surface area (Å²) < 4.78 is 13.5. The average molecular weight is 294 g/mol. The number of halogens is 2. The molecule has 3 nitrogen and oxygen atoms in total. The third-order valence-electron chi connectivity index (χ3n) is 3.12. The minimum atomic E-state index is -0.447. The molecule has 5 heteroatoms. The van der Waals surface area contributed by atoms with Crippen molar-refractivity contribution in [2.45, 2.75) is 18.7 Å². The van der Waals surface area contributed by atoms with Crippen LogP contribution in [0, 0.1) is 22.9 Å². The lowest BCUT2D eigenvalue weighted by Gasteiger charge is -2.11. The van der Waals surface area contributed by atoms with Crippen LogP contribution in [0.3, 0.4) is 0 Å². The summed E-state index contributed by atoms with van der Waals surface area (Å²) in [7, 11) is 0. The molecule has 0 radical (unpaired) electrons. The van der Waals surface area contributed by atoms with E-state index < -0.39 is 4.92 Å². The number of rotatable bonds is 4. The molecule has 2 rings (SSSR count). The van der Waals surface area contributed by atoms with E-state index in [1.54, 1.807) is 31.2 Å². The SMILES string of the molecule is Cc1ccc(C(Cl)Cc2ccc([N+](=O)[O-])cc2)cc1F. The first-order chi connectivity index (χ1) is 9.47. The molecule has 2 aromatic carbocycles. The predicted octanol–water partition coefficient (Wildman–Crippen LogP) is 4.56. The average Bonchev–Trinajstić information content (AvgIpc) is 2.42. The van der Waals surface area contributed by atoms with Gasteiger partial charge in [0.2, 0.25) is 0 Å². The number of hydrogen-bond acceptors (Lipinski definition) is 2. The van der Waals surface area contributed by atoms with Gasteiger partial charge in [-0.05, 0) is 36.1 Å². The van der Waals surface area contributed by atoms with E-state index in [-0.39, 0.29) is 16.9 Å². The minimum Gasteiger partial charge on any atom is -0.258 e. The maximum atomic E-state index is 13.5. The highest BCUT2D eigenvalue weighted by Gasteiger charge is 2.12. The molecule has 0 fully saturated rings. The highest BCUT2D eigenvalue weighted by Crippen LogP contribution is 2.27. The molecule has 0 N–H and O–H groups in total. The number of aryl methyl sites for hydroxylation is 1. The summed E-state index contributed by atoms with van der Waals surface area (Å²) in [6.45, 7) is 1.69. The van der Waals surface area contributed by atoms with Gasteiger partial charge in [0.15, 0.2) is 0 Å². The van der Waals surface area contributed by atoms with Crippen molar-refractivity contribution in [3.05, 3.63) is 75.1 Å². The fraction of sp³-hybridized carbons (Fsp3) is 0.200. The van der Waals surface area contributed by atoms with Crippen LogP contribution in [-0.4, -0.2) is 4.92 Å². The highest BCUT2D eigenvalue weighted by molar-refractivity contribution is 6.20. The van der Waals surface area contributed by atoms with Gasteiger partial charge in [0.25, 0.3) is 5.69 Å². The molecule has 0 amide bonds. The smallest absolute Gasteiger partial charge is 0.258 e. The largest absolute Gasteiger partial charge is 0.269 e. The third-order valence-corrected chi connectivity index (χ3v) is 3.53. The topological polar surface area (TPSA) is 43.1 Å². The van der Waals surface area contributed by atoms with Crippen LogP contribution in [0.1, 0.15) is 22.1 Å². The molecule has 20 heavy (non-hydrogen) atoms. The molecule has 1 unspecified atom stereocenters. The van der Waals surface area contributed by atoms with Crippen LogP contribution in [0.4, 0.5) is 10.1 Å². The first kappa shape index (κ1) is 14.5. The molecule has 0 aliphatic rings. The van der Waals surface area contributed by atoms with Crippen LogP contribution in [0.25, 0.3) is 0 Å².